The molecule has 1 heteroatoms. The van der Waals surface area contributed by atoms with Crippen molar-refractivity contribution >= 4 is 0 Å². The van der Waals surface area contributed by atoms with Gasteiger partial charge in [0.05, 0.1) is 0 Å². The first-order valence-electron chi connectivity index (χ1n) is 3.74. The molecule has 0 unspecified atom stereocenters. The lowest BCUT2D eigenvalue weighted by Gasteiger charge is -2.16. The Bertz CT molecular complexity index is 102. The second-order valence-electron chi connectivity index (χ2n) is 4.42. The van der Waals surface area contributed by atoms with E-state index in [-0.39, 0.29) is 0 Å². The molecule has 9 heavy (non-hydrogen) atoms. The summed E-state index contributed by atoms with van der Waals surface area (Å²) in [6.45, 7) is 6.83. The van der Waals surface area contributed by atoms with E-state index in [1.54, 1.807) is 0 Å². The molecule has 0 bridgehead atoms. The molecule has 0 aromatic rings. The molecule has 0 radical (unpaired) electrons. The molecule has 1 saturated carbocycles. The van der Waals surface area contributed by atoms with Gasteiger partial charge in [-0.05, 0) is 24.2 Å². The highest BCUT2D eigenvalue weighted by molar-refractivity contribution is 4.92. The van der Waals surface area contributed by atoms with Gasteiger partial charge in [0, 0.05) is 6.04 Å². The van der Waals surface area contributed by atoms with Crippen molar-refractivity contribution < 1.29 is 0 Å². The zero-order chi connectivity index (χ0) is 7.07. The topological polar surface area (TPSA) is 26.0 Å². The van der Waals surface area contributed by atoms with E-state index in [4.69, 9.17) is 5.73 Å². The Kier molecular flexibility index (Phi) is 1.55. The summed E-state index contributed by atoms with van der Waals surface area (Å²) in [5, 5.41) is 0. The summed E-state index contributed by atoms with van der Waals surface area (Å²) < 4.78 is 0. The molecule has 2 atom stereocenters. The van der Waals surface area contributed by atoms with Gasteiger partial charge >= 0.3 is 0 Å². The molecule has 1 rings (SSSR count). The van der Waals surface area contributed by atoms with Crippen molar-refractivity contribution in [3.8, 4) is 0 Å². The summed E-state index contributed by atoms with van der Waals surface area (Å²) in [5.41, 5.74) is 6.16. The SMILES string of the molecule is CC(C)(C)C[C@H]1C[C@@H]1N. The van der Waals surface area contributed by atoms with Crippen LogP contribution in [0.5, 0.6) is 0 Å². The van der Waals surface area contributed by atoms with Gasteiger partial charge in [-0.3, -0.25) is 0 Å². The molecule has 1 nitrogen and oxygen atoms in total. The van der Waals surface area contributed by atoms with Gasteiger partial charge in [0.25, 0.3) is 0 Å². The molecule has 0 aromatic carbocycles. The minimum Gasteiger partial charge on any atom is -0.327 e. The van der Waals surface area contributed by atoms with E-state index in [9.17, 15) is 0 Å². The highest BCUT2D eigenvalue weighted by Gasteiger charge is 2.35. The van der Waals surface area contributed by atoms with Gasteiger partial charge in [-0.25, -0.2) is 0 Å². The Morgan fingerprint density at radius 2 is 1.89 bits per heavy atom. The lowest BCUT2D eigenvalue weighted by molar-refractivity contribution is 0.350. The molecule has 0 heterocycles. The van der Waals surface area contributed by atoms with Crippen LogP contribution in [0, 0.1) is 11.3 Å². The van der Waals surface area contributed by atoms with Crippen LogP contribution >= 0.6 is 0 Å². The number of hydrogen-bond acceptors (Lipinski definition) is 1. The summed E-state index contributed by atoms with van der Waals surface area (Å²) in [5.74, 6) is 0.838. The molecular weight excluding hydrogens is 110 g/mol. The minimum atomic E-state index is 0.485. The summed E-state index contributed by atoms with van der Waals surface area (Å²) in [7, 11) is 0. The maximum absolute atomic E-state index is 5.67. The van der Waals surface area contributed by atoms with Crippen LogP contribution in [-0.4, -0.2) is 6.04 Å². The van der Waals surface area contributed by atoms with Crippen LogP contribution in [0.1, 0.15) is 33.6 Å². The van der Waals surface area contributed by atoms with E-state index in [1.807, 2.05) is 0 Å². The predicted octanol–water partition coefficient (Wildman–Crippen LogP) is 1.77. The van der Waals surface area contributed by atoms with Crippen molar-refractivity contribution in [2.24, 2.45) is 17.1 Å². The zero-order valence-electron chi connectivity index (χ0n) is 6.65. The van der Waals surface area contributed by atoms with E-state index < -0.39 is 0 Å². The third-order valence-electron chi connectivity index (χ3n) is 1.85. The quantitative estimate of drug-likeness (QED) is 0.570. The Labute approximate surface area is 57.6 Å². The van der Waals surface area contributed by atoms with E-state index in [0.29, 0.717) is 11.5 Å². The summed E-state index contributed by atoms with van der Waals surface area (Å²) in [6.07, 6.45) is 2.56. The molecule has 2 N–H and O–H groups in total. The molecule has 0 saturated heterocycles. The van der Waals surface area contributed by atoms with E-state index in [0.717, 1.165) is 5.92 Å². The predicted molar refractivity (Wildman–Crippen MR) is 40.2 cm³/mol. The van der Waals surface area contributed by atoms with Crippen LogP contribution in [0.4, 0.5) is 0 Å². The Hall–Kier alpha value is -0.0400. The molecule has 0 aromatic heterocycles. The van der Waals surface area contributed by atoms with E-state index in [2.05, 4.69) is 20.8 Å². The Balaban J connectivity index is 2.19. The summed E-state index contributed by atoms with van der Waals surface area (Å²) >= 11 is 0. The Morgan fingerprint density at radius 1 is 1.44 bits per heavy atom. The Morgan fingerprint density at radius 3 is 2.00 bits per heavy atom. The van der Waals surface area contributed by atoms with Crippen LogP contribution < -0.4 is 5.73 Å². The fraction of sp³-hybridized carbons (Fsp3) is 1.00. The van der Waals surface area contributed by atoms with Crippen LogP contribution in [-0.2, 0) is 0 Å². The van der Waals surface area contributed by atoms with Crippen LogP contribution in [0.2, 0.25) is 0 Å². The lowest BCUT2D eigenvalue weighted by atomic mass is 9.89. The van der Waals surface area contributed by atoms with E-state index in [1.165, 1.54) is 12.8 Å². The maximum atomic E-state index is 5.67. The molecule has 0 amide bonds. The van der Waals surface area contributed by atoms with Crippen molar-refractivity contribution in [1.29, 1.82) is 0 Å². The molecule has 0 aliphatic heterocycles. The van der Waals surface area contributed by atoms with Crippen molar-refractivity contribution in [1.82, 2.24) is 0 Å². The first-order chi connectivity index (χ1) is 3.99. The van der Waals surface area contributed by atoms with Crippen molar-refractivity contribution in [3.63, 3.8) is 0 Å². The first kappa shape index (κ1) is 7.07. The second-order valence-corrected chi connectivity index (χ2v) is 4.42. The monoisotopic (exact) mass is 127 g/mol. The first-order valence-corrected chi connectivity index (χ1v) is 3.74. The largest absolute Gasteiger partial charge is 0.327 e. The summed E-state index contributed by atoms with van der Waals surface area (Å²) in [6, 6.07) is 0.532. The van der Waals surface area contributed by atoms with Crippen molar-refractivity contribution in [2.45, 2.75) is 39.7 Å². The van der Waals surface area contributed by atoms with Crippen molar-refractivity contribution in [2.75, 3.05) is 0 Å². The van der Waals surface area contributed by atoms with Gasteiger partial charge in [0.1, 0.15) is 0 Å². The van der Waals surface area contributed by atoms with Crippen LogP contribution in [0.3, 0.4) is 0 Å². The molecule has 1 aliphatic carbocycles. The van der Waals surface area contributed by atoms with Gasteiger partial charge in [-0.2, -0.15) is 0 Å². The second kappa shape index (κ2) is 1.98. The smallest absolute Gasteiger partial charge is 0.00711 e. The average Bonchev–Trinajstić information content (AvgIpc) is 2.13. The minimum absolute atomic E-state index is 0.485. The molecule has 54 valence electrons. The van der Waals surface area contributed by atoms with Crippen LogP contribution in [0.25, 0.3) is 0 Å². The lowest BCUT2D eigenvalue weighted by Crippen LogP contribution is -2.10. The third-order valence-corrected chi connectivity index (χ3v) is 1.85. The fourth-order valence-corrected chi connectivity index (χ4v) is 1.29. The summed E-state index contributed by atoms with van der Waals surface area (Å²) in [4.78, 5) is 0. The van der Waals surface area contributed by atoms with Gasteiger partial charge < -0.3 is 5.73 Å². The molecule has 1 aliphatic rings. The number of rotatable bonds is 1. The van der Waals surface area contributed by atoms with Gasteiger partial charge in [0.15, 0.2) is 0 Å². The normalized spacial score (nSPS) is 34.7. The van der Waals surface area contributed by atoms with Crippen LogP contribution in [0.15, 0.2) is 0 Å². The van der Waals surface area contributed by atoms with Gasteiger partial charge in [-0.15, -0.1) is 0 Å². The highest BCUT2D eigenvalue weighted by Crippen LogP contribution is 2.38. The maximum Gasteiger partial charge on any atom is 0.00711 e. The third kappa shape index (κ3) is 2.35. The zero-order valence-corrected chi connectivity index (χ0v) is 6.65. The van der Waals surface area contributed by atoms with Crippen molar-refractivity contribution in [3.05, 3.63) is 0 Å². The average molecular weight is 127 g/mol. The fourth-order valence-electron chi connectivity index (χ4n) is 1.29. The molecular formula is C8H17N. The standard InChI is InChI=1S/C8H17N/c1-8(2,3)5-6-4-7(6)9/h6-7H,4-5,9H2,1-3H3/t6-,7+/m1/s1. The number of hydrogen-bond donors (Lipinski definition) is 1. The van der Waals surface area contributed by atoms with E-state index >= 15 is 0 Å². The van der Waals surface area contributed by atoms with Gasteiger partial charge in [0.2, 0.25) is 0 Å². The van der Waals surface area contributed by atoms with Gasteiger partial charge in [-0.1, -0.05) is 20.8 Å². The molecule has 1 fully saturated rings. The number of nitrogens with two attached hydrogens (primary N) is 1. The highest BCUT2D eigenvalue weighted by atomic mass is 14.7. The molecule has 0 spiro atoms.